The van der Waals surface area contributed by atoms with Crippen LogP contribution in [-0.4, -0.2) is 31.1 Å². The summed E-state index contributed by atoms with van der Waals surface area (Å²) in [7, 11) is 2.47. The molecule has 0 amide bonds. The van der Waals surface area contributed by atoms with Gasteiger partial charge < -0.3 is 14.6 Å². The minimum Gasteiger partial charge on any atom is -0.494 e. The van der Waals surface area contributed by atoms with Crippen molar-refractivity contribution in [2.75, 3.05) is 14.2 Å². The fraction of sp³-hybridized carbons (Fsp3) is 0.300. The van der Waals surface area contributed by atoms with Crippen molar-refractivity contribution in [3.8, 4) is 11.5 Å². The fourth-order valence-corrected chi connectivity index (χ4v) is 2.85. The highest BCUT2D eigenvalue weighted by Gasteiger charge is 2.29. The molecule has 0 bridgehead atoms. The van der Waals surface area contributed by atoms with Crippen molar-refractivity contribution in [2.24, 2.45) is 0 Å². The Hall–Kier alpha value is -3.10. The Bertz CT molecular complexity index is 943. The molecule has 0 atom stereocenters. The van der Waals surface area contributed by atoms with Gasteiger partial charge in [-0.1, -0.05) is 0 Å². The molecular weight excluding hydrogens is 396 g/mol. The van der Waals surface area contributed by atoms with Gasteiger partial charge in [0.05, 0.1) is 19.8 Å². The molecule has 1 N–H and O–H groups in total. The smallest absolute Gasteiger partial charge is 0.303 e. The Kier molecular flexibility index (Phi) is 7.19. The fourth-order valence-electron chi connectivity index (χ4n) is 2.85. The molecule has 0 unspecified atom stereocenters. The molecule has 156 valence electrons. The maximum absolute atomic E-state index is 13.5. The summed E-state index contributed by atoms with van der Waals surface area (Å²) in [4.78, 5) is 21.5. The van der Waals surface area contributed by atoms with Crippen LogP contribution in [0.4, 0.5) is 17.6 Å². The Labute approximate surface area is 163 Å². The van der Waals surface area contributed by atoms with Crippen LogP contribution in [0.2, 0.25) is 0 Å². The van der Waals surface area contributed by atoms with Gasteiger partial charge in [-0.25, -0.2) is 17.6 Å². The van der Waals surface area contributed by atoms with Crippen LogP contribution in [0.1, 0.15) is 34.3 Å². The summed E-state index contributed by atoms with van der Waals surface area (Å²) in [5, 5.41) is 8.39. The molecule has 1 aliphatic rings. The molecule has 0 fully saturated rings. The van der Waals surface area contributed by atoms with E-state index < -0.39 is 29.2 Å². The number of ketones is 1. The monoisotopic (exact) mass is 414 g/mol. The molecule has 0 spiro atoms. The zero-order chi connectivity index (χ0) is 21.7. The minimum absolute atomic E-state index is 0.0377. The lowest BCUT2D eigenvalue weighted by molar-refractivity contribution is -0.136. The van der Waals surface area contributed by atoms with Gasteiger partial charge >= 0.3 is 5.97 Å². The maximum Gasteiger partial charge on any atom is 0.303 e. The average Bonchev–Trinajstić information content (AvgIpc) is 3.07. The number of Topliss-reactive ketones (excluding diaryl/α,β-unsaturated/α-hetero) is 1. The molecular formula is C20H18F4O5. The van der Waals surface area contributed by atoms with Crippen molar-refractivity contribution in [1.29, 1.82) is 0 Å². The van der Waals surface area contributed by atoms with Gasteiger partial charge in [0.15, 0.2) is 28.9 Å². The van der Waals surface area contributed by atoms with Crippen LogP contribution < -0.4 is 9.47 Å². The van der Waals surface area contributed by atoms with Crippen LogP contribution in [0.5, 0.6) is 11.5 Å². The van der Waals surface area contributed by atoms with E-state index in [1.165, 1.54) is 14.2 Å². The second-order valence-electron chi connectivity index (χ2n) is 6.12. The van der Waals surface area contributed by atoms with Crippen LogP contribution in [0.15, 0.2) is 18.2 Å². The molecule has 2 aromatic carbocycles. The summed E-state index contributed by atoms with van der Waals surface area (Å²) in [5.41, 5.74) is 0.0749. The highest BCUT2D eigenvalue weighted by atomic mass is 19.1. The zero-order valence-corrected chi connectivity index (χ0v) is 15.7. The first-order valence-electron chi connectivity index (χ1n) is 8.51. The van der Waals surface area contributed by atoms with E-state index in [0.717, 1.165) is 18.2 Å². The SMILES string of the molecule is COc1cc(F)c(CCC(=O)O)cc1F.COc1cc(F)c2c(c1F)C(=O)CC2. The maximum atomic E-state index is 13.5. The van der Waals surface area contributed by atoms with E-state index in [4.69, 9.17) is 5.11 Å². The number of carbonyl (C=O) groups excluding carboxylic acids is 1. The third kappa shape index (κ3) is 5.04. The Morgan fingerprint density at radius 2 is 1.59 bits per heavy atom. The van der Waals surface area contributed by atoms with Gasteiger partial charge in [0, 0.05) is 30.5 Å². The van der Waals surface area contributed by atoms with E-state index >= 15 is 0 Å². The number of rotatable bonds is 5. The summed E-state index contributed by atoms with van der Waals surface area (Å²) in [6.07, 6.45) is 0.183. The molecule has 1 aliphatic carbocycles. The number of benzene rings is 2. The standard InChI is InChI=1S/C10H10F2O3.C10H8F2O2/c1-15-9-5-7(11)6(4-8(9)12)2-3-10(13)14;1-14-8-4-6(11)5-2-3-7(13)9(5)10(8)12/h4-5H,2-3H2,1H3,(H,13,14);4H,2-3H2,1H3. The van der Waals surface area contributed by atoms with Gasteiger partial charge in [0.2, 0.25) is 0 Å². The Balaban J connectivity index is 0.000000207. The first kappa shape index (κ1) is 22.2. The number of carbonyl (C=O) groups is 2. The molecule has 9 heteroatoms. The topological polar surface area (TPSA) is 72.8 Å². The number of fused-ring (bicyclic) bond motifs is 1. The molecule has 0 heterocycles. The summed E-state index contributed by atoms with van der Waals surface area (Å²) in [6.45, 7) is 0. The number of carboxylic acid groups (broad SMARTS) is 1. The summed E-state index contributed by atoms with van der Waals surface area (Å²) >= 11 is 0. The Morgan fingerprint density at radius 3 is 2.17 bits per heavy atom. The number of aliphatic carboxylic acids is 1. The minimum atomic E-state index is -1.05. The van der Waals surface area contributed by atoms with E-state index in [2.05, 4.69) is 9.47 Å². The van der Waals surface area contributed by atoms with Gasteiger partial charge in [-0.3, -0.25) is 9.59 Å². The second-order valence-corrected chi connectivity index (χ2v) is 6.12. The van der Waals surface area contributed by atoms with Gasteiger partial charge in [0.25, 0.3) is 0 Å². The van der Waals surface area contributed by atoms with Crippen LogP contribution in [0, 0.1) is 23.3 Å². The lowest BCUT2D eigenvalue weighted by Gasteiger charge is -2.06. The number of carboxylic acids is 1. The quantitative estimate of drug-likeness (QED) is 0.746. The number of hydrogen-bond acceptors (Lipinski definition) is 4. The van der Waals surface area contributed by atoms with E-state index in [1.807, 2.05) is 0 Å². The molecule has 0 radical (unpaired) electrons. The van der Waals surface area contributed by atoms with Crippen molar-refractivity contribution in [3.05, 3.63) is 58.2 Å². The van der Waals surface area contributed by atoms with Crippen molar-refractivity contribution in [1.82, 2.24) is 0 Å². The van der Waals surface area contributed by atoms with Crippen LogP contribution in [0.3, 0.4) is 0 Å². The molecule has 0 saturated heterocycles. The molecule has 5 nitrogen and oxygen atoms in total. The number of hydrogen-bond donors (Lipinski definition) is 1. The van der Waals surface area contributed by atoms with E-state index in [-0.39, 0.29) is 59.7 Å². The molecule has 0 saturated carbocycles. The predicted octanol–water partition coefficient (Wildman–Crippen LogP) is 4.09. The first-order chi connectivity index (χ1) is 13.7. The van der Waals surface area contributed by atoms with Gasteiger partial charge in [-0.05, 0) is 24.5 Å². The molecule has 2 aromatic rings. The largest absolute Gasteiger partial charge is 0.494 e. The van der Waals surface area contributed by atoms with Gasteiger partial charge in [-0.2, -0.15) is 0 Å². The van der Waals surface area contributed by atoms with Gasteiger partial charge in [0.1, 0.15) is 11.6 Å². The Morgan fingerprint density at radius 1 is 0.966 bits per heavy atom. The number of methoxy groups -OCH3 is 2. The molecule has 3 rings (SSSR count). The second kappa shape index (κ2) is 9.40. The summed E-state index contributed by atoms with van der Waals surface area (Å²) in [6, 6.07) is 2.84. The van der Waals surface area contributed by atoms with Crippen molar-refractivity contribution < 1.29 is 41.7 Å². The number of aryl methyl sites for hydroxylation is 1. The molecule has 0 aromatic heterocycles. The predicted molar refractivity (Wildman–Crippen MR) is 94.4 cm³/mol. The lowest BCUT2D eigenvalue weighted by Crippen LogP contribution is -2.01. The zero-order valence-electron chi connectivity index (χ0n) is 15.7. The third-order valence-corrected chi connectivity index (χ3v) is 4.31. The van der Waals surface area contributed by atoms with Crippen molar-refractivity contribution in [3.63, 3.8) is 0 Å². The summed E-state index contributed by atoms with van der Waals surface area (Å²) in [5.74, 6) is -4.46. The summed E-state index contributed by atoms with van der Waals surface area (Å²) < 4.78 is 62.3. The average molecular weight is 414 g/mol. The molecule has 0 aliphatic heterocycles. The highest BCUT2D eigenvalue weighted by molar-refractivity contribution is 6.01. The van der Waals surface area contributed by atoms with Crippen LogP contribution in [0.25, 0.3) is 0 Å². The van der Waals surface area contributed by atoms with Crippen LogP contribution >= 0.6 is 0 Å². The number of halogens is 4. The van der Waals surface area contributed by atoms with E-state index in [9.17, 15) is 27.2 Å². The number of ether oxygens (including phenoxy) is 2. The van der Waals surface area contributed by atoms with Gasteiger partial charge in [-0.15, -0.1) is 0 Å². The van der Waals surface area contributed by atoms with Crippen molar-refractivity contribution >= 4 is 11.8 Å². The molecule has 29 heavy (non-hydrogen) atoms. The first-order valence-corrected chi connectivity index (χ1v) is 8.51. The van der Waals surface area contributed by atoms with E-state index in [0.29, 0.717) is 0 Å². The lowest BCUT2D eigenvalue weighted by atomic mass is 10.1. The highest BCUT2D eigenvalue weighted by Crippen LogP contribution is 2.32. The normalized spacial score (nSPS) is 12.1. The van der Waals surface area contributed by atoms with E-state index in [1.54, 1.807) is 0 Å². The van der Waals surface area contributed by atoms with Crippen molar-refractivity contribution in [2.45, 2.75) is 25.7 Å². The van der Waals surface area contributed by atoms with Crippen LogP contribution in [-0.2, 0) is 17.6 Å². The third-order valence-electron chi connectivity index (χ3n) is 4.31.